The zero-order valence-corrected chi connectivity index (χ0v) is 6.47. The second-order valence-electron chi connectivity index (χ2n) is 2.05. The van der Waals surface area contributed by atoms with Crippen LogP contribution in [0.3, 0.4) is 0 Å². The molecule has 0 aliphatic carbocycles. The lowest BCUT2D eigenvalue weighted by Crippen LogP contribution is -1.99. The summed E-state index contributed by atoms with van der Waals surface area (Å²) in [5, 5.41) is 6.01. The predicted octanol–water partition coefficient (Wildman–Crippen LogP) is 0.503. The maximum absolute atomic E-state index is 4.09. The van der Waals surface area contributed by atoms with Crippen LogP contribution in [0.4, 0.5) is 11.6 Å². The van der Waals surface area contributed by atoms with Gasteiger partial charge in [0, 0.05) is 21.1 Å². The zero-order chi connectivity index (χ0) is 7.56. The Bertz CT molecular complexity index is 216. The van der Waals surface area contributed by atoms with E-state index in [1.54, 1.807) is 6.33 Å². The van der Waals surface area contributed by atoms with Crippen molar-refractivity contribution in [1.29, 1.82) is 0 Å². The molecule has 0 saturated heterocycles. The summed E-state index contributed by atoms with van der Waals surface area (Å²) in [5.41, 5.74) is 0. The Morgan fingerprint density at radius 1 is 1.40 bits per heavy atom. The average Bonchev–Trinajstić information content (AvgIpc) is 2.30. The van der Waals surface area contributed by atoms with Gasteiger partial charge in [0.15, 0.2) is 5.82 Å². The SMILES string of the molecule is CNc1ncn(C)c1NC. The van der Waals surface area contributed by atoms with Gasteiger partial charge < -0.3 is 15.2 Å². The first-order valence-corrected chi connectivity index (χ1v) is 3.16. The number of rotatable bonds is 2. The molecule has 0 radical (unpaired) electrons. The third-order valence-electron chi connectivity index (χ3n) is 1.41. The third-order valence-corrected chi connectivity index (χ3v) is 1.41. The van der Waals surface area contributed by atoms with E-state index in [1.807, 2.05) is 25.7 Å². The van der Waals surface area contributed by atoms with Crippen LogP contribution in [0.2, 0.25) is 0 Å². The maximum atomic E-state index is 4.09. The summed E-state index contributed by atoms with van der Waals surface area (Å²) in [6.07, 6.45) is 1.76. The van der Waals surface area contributed by atoms with Crippen LogP contribution < -0.4 is 10.6 Å². The molecule has 0 aliphatic rings. The van der Waals surface area contributed by atoms with Gasteiger partial charge in [0.1, 0.15) is 5.82 Å². The molecule has 0 saturated carbocycles. The molecule has 2 N–H and O–H groups in total. The fraction of sp³-hybridized carbons (Fsp3) is 0.500. The van der Waals surface area contributed by atoms with Crippen molar-refractivity contribution in [3.8, 4) is 0 Å². The number of nitrogens with one attached hydrogen (secondary N) is 2. The summed E-state index contributed by atoms with van der Waals surface area (Å²) >= 11 is 0. The van der Waals surface area contributed by atoms with Crippen molar-refractivity contribution in [3.05, 3.63) is 6.33 Å². The van der Waals surface area contributed by atoms with Crippen LogP contribution in [0.5, 0.6) is 0 Å². The molecule has 0 bridgehead atoms. The van der Waals surface area contributed by atoms with Crippen molar-refractivity contribution in [2.24, 2.45) is 7.05 Å². The van der Waals surface area contributed by atoms with E-state index in [2.05, 4.69) is 15.6 Å². The van der Waals surface area contributed by atoms with Crippen LogP contribution in [0, 0.1) is 0 Å². The molecule has 1 aromatic rings. The first-order chi connectivity index (χ1) is 4.79. The van der Waals surface area contributed by atoms with E-state index in [4.69, 9.17) is 0 Å². The van der Waals surface area contributed by atoms with Crippen LogP contribution >= 0.6 is 0 Å². The first kappa shape index (κ1) is 6.92. The van der Waals surface area contributed by atoms with Crippen LogP contribution in [0.15, 0.2) is 6.33 Å². The maximum Gasteiger partial charge on any atom is 0.168 e. The van der Waals surface area contributed by atoms with Crippen LogP contribution in [-0.2, 0) is 7.05 Å². The number of imidazole rings is 1. The van der Waals surface area contributed by atoms with Crippen molar-refractivity contribution in [2.75, 3.05) is 24.7 Å². The van der Waals surface area contributed by atoms with Crippen LogP contribution in [0.25, 0.3) is 0 Å². The molecule has 0 aromatic carbocycles. The Balaban J connectivity index is 3.01. The highest BCUT2D eigenvalue weighted by molar-refractivity contribution is 5.59. The summed E-state index contributed by atoms with van der Waals surface area (Å²) in [6, 6.07) is 0. The quantitative estimate of drug-likeness (QED) is 0.628. The summed E-state index contributed by atoms with van der Waals surface area (Å²) in [4.78, 5) is 4.09. The normalized spacial score (nSPS) is 9.50. The minimum absolute atomic E-state index is 0.880. The van der Waals surface area contributed by atoms with Gasteiger partial charge in [-0.05, 0) is 0 Å². The topological polar surface area (TPSA) is 41.9 Å². The van der Waals surface area contributed by atoms with Crippen LogP contribution in [0.1, 0.15) is 0 Å². The molecule has 0 amide bonds. The van der Waals surface area contributed by atoms with Gasteiger partial charge in [-0.25, -0.2) is 4.98 Å². The van der Waals surface area contributed by atoms with Gasteiger partial charge >= 0.3 is 0 Å². The lowest BCUT2D eigenvalue weighted by Gasteiger charge is -2.02. The van der Waals surface area contributed by atoms with Gasteiger partial charge in [-0.1, -0.05) is 0 Å². The van der Waals surface area contributed by atoms with E-state index in [0.29, 0.717) is 0 Å². The molecule has 0 unspecified atom stereocenters. The van der Waals surface area contributed by atoms with Crippen molar-refractivity contribution >= 4 is 11.6 Å². The summed E-state index contributed by atoms with van der Waals surface area (Å²) in [7, 11) is 5.67. The second-order valence-corrected chi connectivity index (χ2v) is 2.05. The minimum atomic E-state index is 0.880. The molecule has 0 spiro atoms. The Labute approximate surface area is 60.3 Å². The number of hydrogen-bond donors (Lipinski definition) is 2. The first-order valence-electron chi connectivity index (χ1n) is 3.16. The molecule has 4 heteroatoms. The van der Waals surface area contributed by atoms with Crippen molar-refractivity contribution < 1.29 is 0 Å². The molecule has 1 aromatic heterocycles. The highest BCUT2D eigenvalue weighted by atomic mass is 15.2. The molecule has 1 heterocycles. The monoisotopic (exact) mass is 140 g/mol. The molecule has 1 rings (SSSR count). The number of hydrogen-bond acceptors (Lipinski definition) is 3. The molecule has 10 heavy (non-hydrogen) atoms. The number of anilines is 2. The van der Waals surface area contributed by atoms with Gasteiger partial charge in [-0.3, -0.25) is 0 Å². The molecular formula is C6H12N4. The highest BCUT2D eigenvalue weighted by Crippen LogP contribution is 2.15. The van der Waals surface area contributed by atoms with Crippen molar-refractivity contribution in [2.45, 2.75) is 0 Å². The molecular weight excluding hydrogens is 128 g/mol. The van der Waals surface area contributed by atoms with Gasteiger partial charge in [-0.15, -0.1) is 0 Å². The van der Waals surface area contributed by atoms with Crippen molar-refractivity contribution in [3.63, 3.8) is 0 Å². The Morgan fingerprint density at radius 2 is 2.10 bits per heavy atom. The summed E-state index contributed by atoms with van der Waals surface area (Å²) in [6.45, 7) is 0. The van der Waals surface area contributed by atoms with E-state index in [-0.39, 0.29) is 0 Å². The fourth-order valence-corrected chi connectivity index (χ4v) is 0.908. The van der Waals surface area contributed by atoms with Crippen molar-refractivity contribution in [1.82, 2.24) is 9.55 Å². The zero-order valence-electron chi connectivity index (χ0n) is 6.47. The predicted molar refractivity (Wildman–Crippen MR) is 42.3 cm³/mol. The molecule has 4 nitrogen and oxygen atoms in total. The van der Waals surface area contributed by atoms with Gasteiger partial charge in [0.05, 0.1) is 6.33 Å². The lowest BCUT2D eigenvalue weighted by molar-refractivity contribution is 0.918. The average molecular weight is 140 g/mol. The Kier molecular flexibility index (Phi) is 1.80. The Hall–Kier alpha value is -1.19. The fourth-order valence-electron chi connectivity index (χ4n) is 0.908. The molecule has 0 fully saturated rings. The number of aromatic nitrogens is 2. The third kappa shape index (κ3) is 0.920. The molecule has 0 atom stereocenters. The minimum Gasteiger partial charge on any atom is -0.371 e. The van der Waals surface area contributed by atoms with E-state index in [1.165, 1.54) is 0 Å². The largest absolute Gasteiger partial charge is 0.371 e. The van der Waals surface area contributed by atoms with E-state index in [9.17, 15) is 0 Å². The molecule has 56 valence electrons. The van der Waals surface area contributed by atoms with E-state index >= 15 is 0 Å². The molecule has 0 aliphatic heterocycles. The van der Waals surface area contributed by atoms with Gasteiger partial charge in [0.25, 0.3) is 0 Å². The smallest absolute Gasteiger partial charge is 0.168 e. The van der Waals surface area contributed by atoms with Crippen LogP contribution in [-0.4, -0.2) is 23.6 Å². The second kappa shape index (κ2) is 2.60. The Morgan fingerprint density at radius 3 is 2.50 bits per heavy atom. The highest BCUT2D eigenvalue weighted by Gasteiger charge is 2.02. The summed E-state index contributed by atoms with van der Waals surface area (Å²) in [5.74, 6) is 1.88. The summed E-state index contributed by atoms with van der Waals surface area (Å²) < 4.78 is 1.92. The van der Waals surface area contributed by atoms with Gasteiger partial charge in [0.2, 0.25) is 0 Å². The standard InChI is InChI=1S/C6H12N4/c1-7-5-6(8-2)10(3)4-9-5/h4,7-8H,1-3H3. The van der Waals surface area contributed by atoms with Gasteiger partial charge in [-0.2, -0.15) is 0 Å². The number of aryl methyl sites for hydroxylation is 1. The lowest BCUT2D eigenvalue weighted by atomic mass is 10.6. The number of nitrogens with zero attached hydrogens (tertiary/aromatic N) is 2. The van der Waals surface area contributed by atoms with E-state index < -0.39 is 0 Å². The van der Waals surface area contributed by atoms with E-state index in [0.717, 1.165) is 11.6 Å².